The van der Waals surface area contributed by atoms with Crippen molar-refractivity contribution in [3.8, 4) is 5.75 Å². The van der Waals surface area contributed by atoms with Crippen LogP contribution in [0, 0.1) is 6.92 Å². The molecule has 0 aliphatic carbocycles. The van der Waals surface area contributed by atoms with E-state index in [4.69, 9.17) is 34.8 Å². The third kappa shape index (κ3) is 3.01. The van der Waals surface area contributed by atoms with Gasteiger partial charge in [0.05, 0.1) is 10.7 Å². The van der Waals surface area contributed by atoms with Crippen LogP contribution in [0.3, 0.4) is 0 Å². The van der Waals surface area contributed by atoms with Crippen molar-refractivity contribution in [1.82, 2.24) is 0 Å². The zero-order valence-electron chi connectivity index (χ0n) is 10.4. The average Bonchev–Trinajstić information content (AvgIpc) is 2.38. The smallest absolute Gasteiger partial charge is 0.256 e. The molecule has 0 saturated carbocycles. The average molecular weight is 331 g/mol. The van der Waals surface area contributed by atoms with Crippen LogP contribution in [0.15, 0.2) is 30.3 Å². The third-order valence-electron chi connectivity index (χ3n) is 2.79. The Morgan fingerprint density at radius 2 is 1.85 bits per heavy atom. The SMILES string of the molecule is Cc1c(Cl)cccc1C(=O)Nc1cc(Cl)cc(Cl)c1O. The number of benzene rings is 2. The van der Waals surface area contributed by atoms with Crippen LogP contribution in [0.4, 0.5) is 5.69 Å². The Bertz CT molecular complexity index is 686. The quantitative estimate of drug-likeness (QED) is 0.768. The summed E-state index contributed by atoms with van der Waals surface area (Å²) in [7, 11) is 0. The van der Waals surface area contributed by atoms with Gasteiger partial charge in [-0.1, -0.05) is 40.9 Å². The molecule has 0 aromatic heterocycles. The van der Waals surface area contributed by atoms with Gasteiger partial charge < -0.3 is 10.4 Å². The van der Waals surface area contributed by atoms with Crippen molar-refractivity contribution in [2.24, 2.45) is 0 Å². The molecule has 104 valence electrons. The molecule has 3 nitrogen and oxygen atoms in total. The lowest BCUT2D eigenvalue weighted by Gasteiger charge is -2.11. The molecule has 0 spiro atoms. The predicted octanol–water partition coefficient (Wildman–Crippen LogP) is 4.91. The van der Waals surface area contributed by atoms with E-state index in [-0.39, 0.29) is 16.5 Å². The summed E-state index contributed by atoms with van der Waals surface area (Å²) in [5, 5.41) is 13.2. The van der Waals surface area contributed by atoms with E-state index in [1.807, 2.05) is 0 Å². The zero-order valence-corrected chi connectivity index (χ0v) is 12.6. The zero-order chi connectivity index (χ0) is 14.9. The molecule has 0 radical (unpaired) electrons. The Kier molecular flexibility index (Phi) is 4.43. The fourth-order valence-corrected chi connectivity index (χ4v) is 2.37. The molecule has 2 aromatic rings. The summed E-state index contributed by atoms with van der Waals surface area (Å²) in [6.07, 6.45) is 0. The van der Waals surface area contributed by atoms with E-state index >= 15 is 0 Å². The Morgan fingerprint density at radius 3 is 2.55 bits per heavy atom. The maximum atomic E-state index is 12.2. The minimum atomic E-state index is -0.404. The van der Waals surface area contributed by atoms with Gasteiger partial charge in [0.15, 0.2) is 5.75 Å². The molecular weight excluding hydrogens is 321 g/mol. The fourth-order valence-electron chi connectivity index (χ4n) is 1.70. The Labute approximate surface area is 131 Å². The van der Waals surface area contributed by atoms with Crippen LogP contribution in [0.1, 0.15) is 15.9 Å². The lowest BCUT2D eigenvalue weighted by Crippen LogP contribution is -2.13. The van der Waals surface area contributed by atoms with E-state index < -0.39 is 5.91 Å². The molecule has 0 heterocycles. The molecule has 20 heavy (non-hydrogen) atoms. The molecule has 0 atom stereocenters. The van der Waals surface area contributed by atoms with Crippen molar-refractivity contribution in [2.75, 3.05) is 5.32 Å². The van der Waals surface area contributed by atoms with Crippen molar-refractivity contribution < 1.29 is 9.90 Å². The summed E-state index contributed by atoms with van der Waals surface area (Å²) in [5.74, 6) is -0.636. The summed E-state index contributed by atoms with van der Waals surface area (Å²) in [4.78, 5) is 12.2. The highest BCUT2D eigenvalue weighted by molar-refractivity contribution is 6.36. The monoisotopic (exact) mass is 329 g/mol. The molecule has 0 aliphatic rings. The standard InChI is InChI=1S/C14H10Cl3NO2/c1-7-9(3-2-4-10(7)16)14(20)18-12-6-8(15)5-11(17)13(12)19/h2-6,19H,1H3,(H,18,20). The largest absolute Gasteiger partial charge is 0.504 e. The number of hydrogen-bond donors (Lipinski definition) is 2. The first kappa shape index (κ1) is 15.0. The Morgan fingerprint density at radius 1 is 1.15 bits per heavy atom. The van der Waals surface area contributed by atoms with Crippen molar-refractivity contribution >= 4 is 46.4 Å². The molecule has 1 amide bonds. The second-order valence-corrected chi connectivity index (χ2v) is 5.40. The number of nitrogens with one attached hydrogen (secondary N) is 1. The van der Waals surface area contributed by atoms with Gasteiger partial charge in [0.25, 0.3) is 5.91 Å². The number of halogens is 3. The summed E-state index contributed by atoms with van der Waals surface area (Å²) in [6, 6.07) is 7.81. The van der Waals surface area contributed by atoms with E-state index in [9.17, 15) is 9.90 Å². The van der Waals surface area contributed by atoms with Crippen molar-refractivity contribution in [1.29, 1.82) is 0 Å². The van der Waals surface area contributed by atoms with Gasteiger partial charge in [-0.3, -0.25) is 4.79 Å². The molecule has 0 unspecified atom stereocenters. The van der Waals surface area contributed by atoms with Crippen LogP contribution in [-0.2, 0) is 0 Å². The minimum absolute atomic E-state index is 0.0654. The first-order chi connectivity index (χ1) is 9.40. The van der Waals surface area contributed by atoms with Gasteiger partial charge in [-0.05, 0) is 36.8 Å². The van der Waals surface area contributed by atoms with Gasteiger partial charge in [-0.15, -0.1) is 0 Å². The Balaban J connectivity index is 2.35. The van der Waals surface area contributed by atoms with E-state index in [2.05, 4.69) is 5.32 Å². The maximum absolute atomic E-state index is 12.2. The van der Waals surface area contributed by atoms with Gasteiger partial charge in [0.1, 0.15) is 0 Å². The van der Waals surface area contributed by atoms with Crippen LogP contribution in [0.2, 0.25) is 15.1 Å². The van der Waals surface area contributed by atoms with Crippen molar-refractivity contribution in [2.45, 2.75) is 6.92 Å². The highest BCUT2D eigenvalue weighted by Crippen LogP contribution is 2.35. The van der Waals surface area contributed by atoms with Gasteiger partial charge in [0, 0.05) is 15.6 Å². The number of phenols is 1. The van der Waals surface area contributed by atoms with Crippen LogP contribution < -0.4 is 5.32 Å². The lowest BCUT2D eigenvalue weighted by atomic mass is 10.1. The van der Waals surface area contributed by atoms with Crippen LogP contribution in [-0.4, -0.2) is 11.0 Å². The first-order valence-electron chi connectivity index (χ1n) is 5.64. The van der Waals surface area contributed by atoms with E-state index in [0.717, 1.165) is 0 Å². The number of carbonyl (C=O) groups is 1. The van der Waals surface area contributed by atoms with Crippen molar-refractivity contribution in [3.63, 3.8) is 0 Å². The van der Waals surface area contributed by atoms with E-state index in [1.54, 1.807) is 25.1 Å². The molecule has 0 bridgehead atoms. The molecule has 0 aliphatic heterocycles. The Hall–Kier alpha value is -1.42. The number of carbonyl (C=O) groups excluding carboxylic acids is 1. The number of phenolic OH excluding ortho intramolecular Hbond substituents is 1. The number of aromatic hydroxyl groups is 1. The van der Waals surface area contributed by atoms with Crippen LogP contribution in [0.5, 0.6) is 5.75 Å². The first-order valence-corrected chi connectivity index (χ1v) is 6.78. The van der Waals surface area contributed by atoms with Crippen molar-refractivity contribution in [3.05, 3.63) is 56.5 Å². The maximum Gasteiger partial charge on any atom is 0.256 e. The van der Waals surface area contributed by atoms with Crippen LogP contribution >= 0.6 is 34.8 Å². The van der Waals surface area contributed by atoms with Gasteiger partial charge in [-0.2, -0.15) is 0 Å². The summed E-state index contributed by atoms with van der Waals surface area (Å²) in [6.45, 7) is 1.74. The summed E-state index contributed by atoms with van der Waals surface area (Å²) >= 11 is 17.6. The molecule has 2 rings (SSSR count). The number of rotatable bonds is 2. The molecular formula is C14H10Cl3NO2. The second kappa shape index (κ2) is 5.92. The number of hydrogen-bond acceptors (Lipinski definition) is 2. The second-order valence-electron chi connectivity index (χ2n) is 4.15. The molecule has 6 heteroatoms. The van der Waals surface area contributed by atoms with Gasteiger partial charge in [0.2, 0.25) is 0 Å². The van der Waals surface area contributed by atoms with Crippen LogP contribution in [0.25, 0.3) is 0 Å². The van der Waals surface area contributed by atoms with Gasteiger partial charge >= 0.3 is 0 Å². The number of amides is 1. The van der Waals surface area contributed by atoms with Gasteiger partial charge in [-0.25, -0.2) is 0 Å². The minimum Gasteiger partial charge on any atom is -0.504 e. The fraction of sp³-hybridized carbons (Fsp3) is 0.0714. The molecule has 2 aromatic carbocycles. The number of anilines is 1. The highest BCUT2D eigenvalue weighted by Gasteiger charge is 2.15. The normalized spacial score (nSPS) is 10.4. The van der Waals surface area contributed by atoms with E-state index in [0.29, 0.717) is 21.2 Å². The third-order valence-corrected chi connectivity index (χ3v) is 3.70. The molecule has 0 fully saturated rings. The predicted molar refractivity (Wildman–Crippen MR) is 82.3 cm³/mol. The van der Waals surface area contributed by atoms with E-state index in [1.165, 1.54) is 12.1 Å². The topological polar surface area (TPSA) is 49.3 Å². The molecule has 2 N–H and O–H groups in total. The molecule has 0 saturated heterocycles. The highest BCUT2D eigenvalue weighted by atomic mass is 35.5. The summed E-state index contributed by atoms with van der Waals surface area (Å²) < 4.78 is 0. The lowest BCUT2D eigenvalue weighted by molar-refractivity contribution is 0.102. The summed E-state index contributed by atoms with van der Waals surface area (Å²) in [5.41, 5.74) is 1.21.